The molecule has 0 unspecified atom stereocenters. The highest BCUT2D eigenvalue weighted by atomic mass is 32.1. The van der Waals surface area contributed by atoms with Crippen LogP contribution in [0.2, 0.25) is 0 Å². The van der Waals surface area contributed by atoms with E-state index < -0.39 is 0 Å². The van der Waals surface area contributed by atoms with Gasteiger partial charge in [-0.2, -0.15) is 11.3 Å². The summed E-state index contributed by atoms with van der Waals surface area (Å²) in [6.45, 7) is 0. The number of nitrogen functional groups attached to an aromatic ring is 1. The number of hydrogen-bond donors (Lipinski definition) is 2. The first-order valence-corrected chi connectivity index (χ1v) is 4.83. The number of nitrogens with two attached hydrogens (primary N) is 1. The highest BCUT2D eigenvalue weighted by Gasteiger charge is 2.03. The van der Waals surface area contributed by atoms with E-state index in [0.29, 0.717) is 5.69 Å². The monoisotopic (exact) mass is 191 g/mol. The number of phenolic OH excluding ortho intramolecular Hbond substituents is 1. The van der Waals surface area contributed by atoms with E-state index in [1.807, 2.05) is 16.8 Å². The van der Waals surface area contributed by atoms with Crippen molar-refractivity contribution in [3.05, 3.63) is 35.0 Å². The summed E-state index contributed by atoms with van der Waals surface area (Å²) >= 11 is 1.61. The van der Waals surface area contributed by atoms with Gasteiger partial charge in [0.25, 0.3) is 0 Å². The lowest BCUT2D eigenvalue weighted by atomic mass is 10.1. The smallest absolute Gasteiger partial charge is 0.116 e. The molecule has 1 aromatic heterocycles. The average molecular weight is 191 g/mol. The molecule has 0 saturated carbocycles. The Hall–Kier alpha value is -1.48. The Morgan fingerprint density at radius 3 is 2.77 bits per heavy atom. The molecule has 1 aromatic carbocycles. The average Bonchev–Trinajstić information content (AvgIpc) is 2.61. The number of aromatic hydroxyl groups is 1. The van der Waals surface area contributed by atoms with Crippen molar-refractivity contribution < 1.29 is 5.11 Å². The Bertz CT molecular complexity index is 409. The summed E-state index contributed by atoms with van der Waals surface area (Å²) < 4.78 is 0. The van der Waals surface area contributed by atoms with Gasteiger partial charge in [0.15, 0.2) is 0 Å². The van der Waals surface area contributed by atoms with Gasteiger partial charge in [-0.25, -0.2) is 0 Å². The number of benzene rings is 1. The zero-order chi connectivity index (χ0) is 9.26. The molecule has 2 rings (SSSR count). The van der Waals surface area contributed by atoms with Crippen LogP contribution in [0.4, 0.5) is 5.69 Å². The van der Waals surface area contributed by atoms with Crippen LogP contribution in [0.1, 0.15) is 0 Å². The molecule has 0 spiro atoms. The molecule has 13 heavy (non-hydrogen) atoms. The van der Waals surface area contributed by atoms with E-state index in [1.54, 1.807) is 29.5 Å². The third-order valence-corrected chi connectivity index (χ3v) is 2.55. The largest absolute Gasteiger partial charge is 0.508 e. The van der Waals surface area contributed by atoms with E-state index in [2.05, 4.69) is 0 Å². The molecule has 0 saturated heterocycles. The second-order valence-electron chi connectivity index (χ2n) is 2.78. The fourth-order valence-corrected chi connectivity index (χ4v) is 1.87. The first-order valence-electron chi connectivity index (χ1n) is 3.88. The molecule has 0 aliphatic heterocycles. The summed E-state index contributed by atoms with van der Waals surface area (Å²) in [5.41, 5.74) is 8.41. The highest BCUT2D eigenvalue weighted by Crippen LogP contribution is 2.30. The van der Waals surface area contributed by atoms with Crippen LogP contribution < -0.4 is 5.73 Å². The Morgan fingerprint density at radius 1 is 1.23 bits per heavy atom. The van der Waals surface area contributed by atoms with Crippen LogP contribution in [-0.4, -0.2) is 5.11 Å². The molecule has 0 atom stereocenters. The molecule has 0 aliphatic carbocycles. The Labute approximate surface area is 80.3 Å². The standard InChI is InChI=1S/C10H9NOS/c11-10-2-1-8(12)5-9(10)7-3-4-13-6-7/h1-6,12H,11H2. The van der Waals surface area contributed by atoms with Crippen LogP contribution in [0.25, 0.3) is 11.1 Å². The maximum absolute atomic E-state index is 9.28. The van der Waals surface area contributed by atoms with Gasteiger partial charge in [0.05, 0.1) is 0 Å². The Kier molecular flexibility index (Phi) is 1.94. The molecule has 2 nitrogen and oxygen atoms in total. The first kappa shape index (κ1) is 8.13. The van der Waals surface area contributed by atoms with Crippen LogP contribution >= 0.6 is 11.3 Å². The maximum atomic E-state index is 9.28. The van der Waals surface area contributed by atoms with Crippen molar-refractivity contribution in [3.8, 4) is 16.9 Å². The molecular weight excluding hydrogens is 182 g/mol. The lowest BCUT2D eigenvalue weighted by Crippen LogP contribution is -1.87. The Balaban J connectivity index is 2.57. The van der Waals surface area contributed by atoms with Crippen molar-refractivity contribution in [1.82, 2.24) is 0 Å². The molecule has 66 valence electrons. The molecule has 0 radical (unpaired) electrons. The molecule has 1 heterocycles. The molecule has 0 aliphatic rings. The molecule has 3 heteroatoms. The zero-order valence-corrected chi connectivity index (χ0v) is 7.71. The number of anilines is 1. The van der Waals surface area contributed by atoms with E-state index in [0.717, 1.165) is 11.1 Å². The second kappa shape index (κ2) is 3.11. The zero-order valence-electron chi connectivity index (χ0n) is 6.90. The van der Waals surface area contributed by atoms with Gasteiger partial charge in [-0.05, 0) is 40.6 Å². The lowest BCUT2D eigenvalue weighted by molar-refractivity contribution is 0.475. The van der Waals surface area contributed by atoms with Gasteiger partial charge in [-0.3, -0.25) is 0 Å². The molecule has 0 fully saturated rings. The van der Waals surface area contributed by atoms with E-state index >= 15 is 0 Å². The van der Waals surface area contributed by atoms with E-state index in [1.165, 1.54) is 0 Å². The van der Waals surface area contributed by atoms with Crippen molar-refractivity contribution in [1.29, 1.82) is 0 Å². The number of hydrogen-bond acceptors (Lipinski definition) is 3. The third-order valence-electron chi connectivity index (χ3n) is 1.87. The number of thiophene rings is 1. The summed E-state index contributed by atoms with van der Waals surface area (Å²) in [5.74, 6) is 0.246. The minimum atomic E-state index is 0.246. The van der Waals surface area contributed by atoms with Gasteiger partial charge in [-0.1, -0.05) is 0 Å². The van der Waals surface area contributed by atoms with E-state index in [4.69, 9.17) is 5.73 Å². The van der Waals surface area contributed by atoms with Crippen LogP contribution in [0.15, 0.2) is 35.0 Å². The van der Waals surface area contributed by atoms with Crippen molar-refractivity contribution >= 4 is 17.0 Å². The third kappa shape index (κ3) is 1.51. The van der Waals surface area contributed by atoms with Gasteiger partial charge >= 0.3 is 0 Å². The maximum Gasteiger partial charge on any atom is 0.116 e. The molecule has 2 aromatic rings. The van der Waals surface area contributed by atoms with Gasteiger partial charge in [0, 0.05) is 11.3 Å². The minimum Gasteiger partial charge on any atom is -0.508 e. The topological polar surface area (TPSA) is 46.2 Å². The van der Waals surface area contributed by atoms with Crippen LogP contribution in [0.3, 0.4) is 0 Å². The summed E-state index contributed by atoms with van der Waals surface area (Å²) in [6, 6.07) is 6.96. The highest BCUT2D eigenvalue weighted by molar-refractivity contribution is 7.08. The quantitative estimate of drug-likeness (QED) is 0.537. The lowest BCUT2D eigenvalue weighted by Gasteiger charge is -2.03. The van der Waals surface area contributed by atoms with Crippen molar-refractivity contribution in [2.75, 3.05) is 5.73 Å². The van der Waals surface area contributed by atoms with Crippen molar-refractivity contribution in [2.45, 2.75) is 0 Å². The van der Waals surface area contributed by atoms with Crippen molar-refractivity contribution in [2.24, 2.45) is 0 Å². The van der Waals surface area contributed by atoms with Gasteiger partial charge in [0.2, 0.25) is 0 Å². The Morgan fingerprint density at radius 2 is 2.08 bits per heavy atom. The number of phenols is 1. The second-order valence-corrected chi connectivity index (χ2v) is 3.56. The molecule has 3 N–H and O–H groups in total. The van der Waals surface area contributed by atoms with Crippen LogP contribution in [-0.2, 0) is 0 Å². The fraction of sp³-hybridized carbons (Fsp3) is 0. The van der Waals surface area contributed by atoms with Gasteiger partial charge < -0.3 is 10.8 Å². The molecular formula is C10H9NOS. The van der Waals surface area contributed by atoms with Crippen LogP contribution in [0, 0.1) is 0 Å². The molecule has 0 bridgehead atoms. The SMILES string of the molecule is Nc1ccc(O)cc1-c1ccsc1. The summed E-state index contributed by atoms with van der Waals surface area (Å²) in [4.78, 5) is 0. The fourth-order valence-electron chi connectivity index (χ4n) is 1.21. The van der Waals surface area contributed by atoms with Crippen molar-refractivity contribution in [3.63, 3.8) is 0 Å². The predicted molar refractivity (Wildman–Crippen MR) is 55.8 cm³/mol. The first-order chi connectivity index (χ1) is 6.27. The summed E-state index contributed by atoms with van der Waals surface area (Å²) in [6.07, 6.45) is 0. The summed E-state index contributed by atoms with van der Waals surface area (Å²) in [5, 5.41) is 13.3. The molecule has 0 amide bonds. The van der Waals surface area contributed by atoms with Gasteiger partial charge in [0.1, 0.15) is 5.75 Å². The predicted octanol–water partition coefficient (Wildman–Crippen LogP) is 2.70. The van der Waals surface area contributed by atoms with Crippen LogP contribution in [0.5, 0.6) is 5.75 Å². The summed E-state index contributed by atoms with van der Waals surface area (Å²) in [7, 11) is 0. The minimum absolute atomic E-state index is 0.246. The van der Waals surface area contributed by atoms with E-state index in [-0.39, 0.29) is 5.75 Å². The normalized spacial score (nSPS) is 10.2. The number of rotatable bonds is 1. The van der Waals surface area contributed by atoms with E-state index in [9.17, 15) is 5.11 Å². The van der Waals surface area contributed by atoms with Gasteiger partial charge in [-0.15, -0.1) is 0 Å².